The first-order valence-electron chi connectivity index (χ1n) is 15.5. The zero-order chi connectivity index (χ0) is 36.2. The van der Waals surface area contributed by atoms with Crippen LogP contribution in [0.1, 0.15) is 70.3 Å². The molecule has 8 N–H and O–H groups in total. The number of nitrogens with two attached hydrogens (primary N) is 2. The van der Waals surface area contributed by atoms with E-state index in [1.807, 2.05) is 44.4 Å². The number of nitrogen functional groups attached to an aromatic ring is 1. The molecule has 2 aromatic carbocycles. The Bertz CT molecular complexity index is 1960. The fourth-order valence-electron chi connectivity index (χ4n) is 5.30. The third kappa shape index (κ3) is 10.2. The minimum absolute atomic E-state index is 0.0930. The number of ether oxygens (including phenoxy) is 1. The molecule has 0 aliphatic carbocycles. The van der Waals surface area contributed by atoms with Crippen LogP contribution in [-0.4, -0.2) is 58.9 Å². The third-order valence-corrected chi connectivity index (χ3v) is 8.85. The number of pyridine rings is 1. The highest BCUT2D eigenvalue weighted by Gasteiger charge is 2.26. The van der Waals surface area contributed by atoms with Gasteiger partial charge in [-0.15, -0.1) is 0 Å². The molecule has 4 rings (SSSR count). The van der Waals surface area contributed by atoms with Crippen molar-refractivity contribution in [1.29, 1.82) is 0 Å². The summed E-state index contributed by atoms with van der Waals surface area (Å²) in [6, 6.07) is 9.08. The highest BCUT2D eigenvalue weighted by molar-refractivity contribution is 7.47. The van der Waals surface area contributed by atoms with Crippen LogP contribution >= 0.6 is 15.6 Å². The third-order valence-electron chi connectivity index (χ3n) is 7.97. The van der Waals surface area contributed by atoms with E-state index < -0.39 is 26.7 Å². The van der Waals surface area contributed by atoms with E-state index in [1.54, 1.807) is 12.1 Å². The SMILES string of the molecule is CCCCc1nc2c(N)nc3ccc(C(C)(N)CCOCCC(C)(C)N=C=O)cc3c2n1Cc1cc(OP(=O)(O)O)ccc1OP(=O)(O)O. The van der Waals surface area contributed by atoms with Crippen molar-refractivity contribution >= 4 is 49.5 Å². The van der Waals surface area contributed by atoms with Gasteiger partial charge in [0.15, 0.2) is 5.82 Å². The van der Waals surface area contributed by atoms with Crippen LogP contribution in [0.2, 0.25) is 0 Å². The first-order chi connectivity index (χ1) is 22.8. The molecule has 18 heteroatoms. The quantitative estimate of drug-likeness (QED) is 0.0378. The van der Waals surface area contributed by atoms with Crippen LogP contribution in [0.25, 0.3) is 21.9 Å². The molecular formula is C31H42N6O10P2. The second-order valence-electron chi connectivity index (χ2n) is 12.6. The van der Waals surface area contributed by atoms with Gasteiger partial charge in [-0.3, -0.25) is 19.6 Å². The van der Waals surface area contributed by atoms with Crippen LogP contribution in [-0.2, 0) is 37.2 Å². The van der Waals surface area contributed by atoms with Crippen molar-refractivity contribution in [3.05, 3.63) is 53.3 Å². The normalized spacial score (nSPS) is 13.7. The molecule has 16 nitrogen and oxygen atoms in total. The van der Waals surface area contributed by atoms with E-state index in [2.05, 4.69) is 9.98 Å². The number of carbonyl (C=O) groups excluding carboxylic acids is 1. The molecule has 266 valence electrons. The summed E-state index contributed by atoms with van der Waals surface area (Å²) in [5.74, 6) is 0.299. The Balaban J connectivity index is 1.80. The number of aliphatic imine (C=N–C) groups is 1. The largest absolute Gasteiger partial charge is 0.524 e. The van der Waals surface area contributed by atoms with E-state index >= 15 is 0 Å². The van der Waals surface area contributed by atoms with Crippen LogP contribution < -0.4 is 20.5 Å². The fraction of sp³-hybridized carbons (Fsp3) is 0.452. The lowest BCUT2D eigenvalue weighted by Gasteiger charge is -2.26. The summed E-state index contributed by atoms with van der Waals surface area (Å²) in [5, 5.41) is 0.656. The maximum Gasteiger partial charge on any atom is 0.524 e. The molecule has 49 heavy (non-hydrogen) atoms. The summed E-state index contributed by atoms with van der Waals surface area (Å²) < 4.78 is 40.8. The molecule has 0 spiro atoms. The van der Waals surface area contributed by atoms with Crippen molar-refractivity contribution < 1.29 is 47.3 Å². The Morgan fingerprint density at radius 1 is 0.980 bits per heavy atom. The lowest BCUT2D eigenvalue weighted by atomic mass is 9.89. The predicted octanol–water partition coefficient (Wildman–Crippen LogP) is 4.59. The van der Waals surface area contributed by atoms with Gasteiger partial charge >= 0.3 is 15.6 Å². The van der Waals surface area contributed by atoms with Gasteiger partial charge in [-0.2, -0.15) is 4.99 Å². The minimum atomic E-state index is -5.03. The number of anilines is 1. The Morgan fingerprint density at radius 2 is 1.67 bits per heavy atom. The summed E-state index contributed by atoms with van der Waals surface area (Å²) >= 11 is 0. The van der Waals surface area contributed by atoms with Gasteiger partial charge in [-0.1, -0.05) is 19.4 Å². The van der Waals surface area contributed by atoms with Crippen molar-refractivity contribution in [3.8, 4) is 11.5 Å². The number of phosphoric acid groups is 2. The van der Waals surface area contributed by atoms with Gasteiger partial charge in [0.2, 0.25) is 6.08 Å². The van der Waals surface area contributed by atoms with Crippen molar-refractivity contribution in [3.63, 3.8) is 0 Å². The number of aromatic nitrogens is 3. The molecule has 1 atom stereocenters. The number of hydrogen-bond acceptors (Lipinski definition) is 11. The minimum Gasteiger partial charge on any atom is -0.404 e. The van der Waals surface area contributed by atoms with E-state index in [0.29, 0.717) is 60.2 Å². The van der Waals surface area contributed by atoms with Gasteiger partial charge in [0, 0.05) is 36.1 Å². The Morgan fingerprint density at radius 3 is 2.33 bits per heavy atom. The summed E-state index contributed by atoms with van der Waals surface area (Å²) in [4.78, 5) is 61.8. The molecule has 0 saturated carbocycles. The van der Waals surface area contributed by atoms with Gasteiger partial charge < -0.3 is 29.8 Å². The second kappa shape index (κ2) is 15.1. The summed E-state index contributed by atoms with van der Waals surface area (Å²) in [5.41, 5.74) is 14.2. The summed E-state index contributed by atoms with van der Waals surface area (Å²) in [6.07, 6.45) is 4.69. The monoisotopic (exact) mass is 720 g/mol. The van der Waals surface area contributed by atoms with E-state index in [0.717, 1.165) is 30.5 Å². The molecule has 0 fully saturated rings. The molecular weight excluding hydrogens is 678 g/mol. The number of phosphoric ester groups is 2. The summed E-state index contributed by atoms with van der Waals surface area (Å²) in [7, 11) is -9.99. The molecule has 4 aromatic rings. The molecule has 0 saturated heterocycles. The topological polar surface area (TPSA) is 255 Å². The number of rotatable bonds is 17. The lowest BCUT2D eigenvalue weighted by molar-refractivity contribution is 0.104. The number of unbranched alkanes of at least 4 members (excludes halogenated alkanes) is 1. The zero-order valence-corrected chi connectivity index (χ0v) is 29.5. The van der Waals surface area contributed by atoms with Gasteiger partial charge in [0.1, 0.15) is 22.8 Å². The van der Waals surface area contributed by atoms with E-state index in [9.17, 15) is 33.5 Å². The predicted molar refractivity (Wildman–Crippen MR) is 183 cm³/mol. The number of imidazole rings is 1. The first-order valence-corrected chi connectivity index (χ1v) is 18.6. The van der Waals surface area contributed by atoms with Crippen molar-refractivity contribution in [1.82, 2.24) is 14.5 Å². The lowest BCUT2D eigenvalue weighted by Crippen LogP contribution is -2.34. The molecule has 2 aromatic heterocycles. The summed E-state index contributed by atoms with van der Waals surface area (Å²) in [6.45, 7) is 8.17. The molecule has 1 unspecified atom stereocenters. The van der Waals surface area contributed by atoms with Gasteiger partial charge in [0.25, 0.3) is 0 Å². The zero-order valence-electron chi connectivity index (χ0n) is 27.7. The number of aryl methyl sites for hydroxylation is 1. The van der Waals surface area contributed by atoms with E-state index in [1.165, 1.54) is 6.07 Å². The molecule has 0 amide bonds. The number of nitrogens with zero attached hydrogens (tertiary/aromatic N) is 4. The first kappa shape index (κ1) is 38.1. The van der Waals surface area contributed by atoms with E-state index in [4.69, 9.17) is 30.2 Å². The van der Waals surface area contributed by atoms with Crippen molar-refractivity contribution in [2.75, 3.05) is 18.9 Å². The molecule has 0 aliphatic heterocycles. The fourth-order valence-corrected chi connectivity index (χ4v) is 6.12. The van der Waals surface area contributed by atoms with Gasteiger partial charge in [0.05, 0.1) is 23.1 Å². The van der Waals surface area contributed by atoms with Gasteiger partial charge in [-0.25, -0.2) is 23.9 Å². The maximum atomic E-state index is 11.9. The standard InChI is InChI=1S/C31H42N6O10P2/c1-5-6-7-26-36-27-28(37(26)18-20-16-22(46-48(39,40)41)9-11-25(20)47-49(42,43)44)23-17-21(8-10-24(23)35-29(27)32)31(4,33)13-15-45-14-12-30(2,3)34-19-38/h8-11,16-17H,5-7,12-15,18,33H2,1-4H3,(H2,32,35)(H2,39,40,41)(H2,42,43,44). The second-order valence-corrected chi connectivity index (χ2v) is 14.9. The van der Waals surface area contributed by atoms with E-state index in [-0.39, 0.29) is 29.4 Å². The average Bonchev–Trinajstić information content (AvgIpc) is 3.34. The van der Waals surface area contributed by atoms with Crippen LogP contribution in [0.4, 0.5) is 5.82 Å². The van der Waals surface area contributed by atoms with Crippen LogP contribution in [0.15, 0.2) is 41.4 Å². The number of benzene rings is 2. The number of fused-ring (bicyclic) bond motifs is 3. The molecule has 0 radical (unpaired) electrons. The average molecular weight is 721 g/mol. The van der Waals surface area contributed by atoms with Crippen LogP contribution in [0.5, 0.6) is 11.5 Å². The highest BCUT2D eigenvalue weighted by Crippen LogP contribution is 2.44. The van der Waals surface area contributed by atoms with Crippen molar-refractivity contribution in [2.24, 2.45) is 10.7 Å². The number of isocyanates is 1. The smallest absolute Gasteiger partial charge is 0.404 e. The Labute approximate surface area is 283 Å². The van der Waals surface area contributed by atoms with Crippen LogP contribution in [0.3, 0.4) is 0 Å². The van der Waals surface area contributed by atoms with Crippen LogP contribution in [0, 0.1) is 0 Å². The number of hydrogen-bond donors (Lipinski definition) is 6. The Kier molecular flexibility index (Phi) is 11.7. The highest BCUT2D eigenvalue weighted by atomic mass is 31.2. The Hall–Kier alpha value is -3.68. The molecule has 2 heterocycles. The van der Waals surface area contributed by atoms with Crippen molar-refractivity contribution in [2.45, 2.75) is 77.4 Å². The molecule has 0 aliphatic rings. The maximum absolute atomic E-state index is 11.9. The van der Waals surface area contributed by atoms with Gasteiger partial charge in [-0.05, 0) is 75.9 Å². The molecule has 0 bridgehead atoms.